The van der Waals surface area contributed by atoms with E-state index in [2.05, 4.69) is 4.72 Å². The van der Waals surface area contributed by atoms with Crippen LogP contribution in [0, 0.1) is 5.82 Å². The molecular formula is C14H13F4N3O4S. The number of aromatic nitrogens is 2. The fourth-order valence-corrected chi connectivity index (χ4v) is 2.75. The molecule has 0 saturated heterocycles. The summed E-state index contributed by atoms with van der Waals surface area (Å²) >= 11 is 0. The molecule has 0 radical (unpaired) electrons. The Kier molecular flexibility index (Phi) is 4.99. The third kappa shape index (κ3) is 3.79. The summed E-state index contributed by atoms with van der Waals surface area (Å²) in [5, 5.41) is 0. The Morgan fingerprint density at radius 2 is 1.77 bits per heavy atom. The highest BCUT2D eigenvalue weighted by Crippen LogP contribution is 2.27. The van der Waals surface area contributed by atoms with Crippen LogP contribution in [-0.4, -0.2) is 23.3 Å². The Balaban J connectivity index is 2.72. The van der Waals surface area contributed by atoms with Gasteiger partial charge in [0.2, 0.25) is 10.0 Å². The van der Waals surface area contributed by atoms with Crippen molar-refractivity contribution in [2.75, 3.05) is 10.5 Å². The maximum atomic E-state index is 14.1. The quantitative estimate of drug-likeness (QED) is 0.794. The summed E-state index contributed by atoms with van der Waals surface area (Å²) in [4.78, 5) is 24.2. The van der Waals surface area contributed by atoms with Crippen LogP contribution in [0.25, 0.3) is 5.69 Å². The zero-order chi connectivity index (χ0) is 19.9. The van der Waals surface area contributed by atoms with Crippen LogP contribution >= 0.6 is 0 Å². The Morgan fingerprint density at radius 1 is 1.15 bits per heavy atom. The lowest BCUT2D eigenvalue weighted by Gasteiger charge is -2.15. The zero-order valence-electron chi connectivity index (χ0n) is 13.5. The first-order valence-corrected chi connectivity index (χ1v) is 8.73. The lowest BCUT2D eigenvalue weighted by Crippen LogP contribution is -2.41. The molecule has 0 spiro atoms. The summed E-state index contributed by atoms with van der Waals surface area (Å²) in [5.74, 6) is -1.38. The minimum Gasteiger partial charge on any atom is -0.292 e. The molecular weight excluding hydrogens is 382 g/mol. The average Bonchev–Trinajstić information content (AvgIpc) is 2.52. The van der Waals surface area contributed by atoms with Crippen molar-refractivity contribution >= 4 is 15.7 Å². The van der Waals surface area contributed by atoms with Gasteiger partial charge in [-0.1, -0.05) is 0 Å². The number of nitrogens with zero attached hydrogens (tertiary/aromatic N) is 2. The molecule has 0 bridgehead atoms. The van der Waals surface area contributed by atoms with Gasteiger partial charge >= 0.3 is 11.9 Å². The molecule has 0 atom stereocenters. The first kappa shape index (κ1) is 19.7. The molecule has 0 aliphatic carbocycles. The molecule has 26 heavy (non-hydrogen) atoms. The van der Waals surface area contributed by atoms with Crippen molar-refractivity contribution in [2.45, 2.75) is 13.1 Å². The van der Waals surface area contributed by atoms with Crippen LogP contribution in [0.15, 0.2) is 33.9 Å². The molecule has 12 heteroatoms. The lowest BCUT2D eigenvalue weighted by molar-refractivity contribution is -0.144. The van der Waals surface area contributed by atoms with Crippen molar-refractivity contribution in [2.24, 2.45) is 7.05 Å². The van der Waals surface area contributed by atoms with Gasteiger partial charge in [0.1, 0.15) is 11.5 Å². The van der Waals surface area contributed by atoms with Gasteiger partial charge in [0.25, 0.3) is 5.56 Å². The van der Waals surface area contributed by atoms with Crippen molar-refractivity contribution < 1.29 is 26.0 Å². The number of hydrogen-bond acceptors (Lipinski definition) is 4. The molecule has 2 aromatic rings. The average molecular weight is 395 g/mol. The molecule has 0 fully saturated rings. The highest BCUT2D eigenvalue weighted by molar-refractivity contribution is 7.92. The molecule has 0 aliphatic rings. The van der Waals surface area contributed by atoms with Gasteiger partial charge in [0.15, 0.2) is 0 Å². The first-order chi connectivity index (χ1) is 11.9. The van der Waals surface area contributed by atoms with E-state index in [0.29, 0.717) is 0 Å². The maximum absolute atomic E-state index is 14.1. The summed E-state index contributed by atoms with van der Waals surface area (Å²) < 4.78 is 78.2. The van der Waals surface area contributed by atoms with Gasteiger partial charge in [-0.25, -0.2) is 22.2 Å². The number of nitrogens with one attached hydrogen (secondary N) is 1. The van der Waals surface area contributed by atoms with E-state index in [4.69, 9.17) is 0 Å². The van der Waals surface area contributed by atoms with Crippen LogP contribution in [0.4, 0.5) is 23.2 Å². The number of sulfonamides is 1. The van der Waals surface area contributed by atoms with Gasteiger partial charge in [0, 0.05) is 13.1 Å². The topological polar surface area (TPSA) is 90.2 Å². The van der Waals surface area contributed by atoms with Gasteiger partial charge in [-0.2, -0.15) is 13.2 Å². The Morgan fingerprint density at radius 3 is 2.31 bits per heavy atom. The number of alkyl halides is 3. The van der Waals surface area contributed by atoms with Crippen LogP contribution in [-0.2, 0) is 23.2 Å². The fraction of sp³-hybridized carbons (Fsp3) is 0.286. The normalized spacial score (nSPS) is 12.2. The fourth-order valence-electron chi connectivity index (χ4n) is 2.12. The number of hydrogen-bond donors (Lipinski definition) is 1. The summed E-state index contributed by atoms with van der Waals surface area (Å²) in [6.07, 6.45) is -4.96. The molecule has 1 aromatic heterocycles. The number of halogens is 4. The minimum absolute atomic E-state index is 0.155. The van der Waals surface area contributed by atoms with E-state index in [1.54, 1.807) is 0 Å². The summed E-state index contributed by atoms with van der Waals surface area (Å²) in [5.41, 5.74) is -5.17. The second kappa shape index (κ2) is 6.59. The van der Waals surface area contributed by atoms with E-state index >= 15 is 0 Å². The Hall–Kier alpha value is -2.63. The van der Waals surface area contributed by atoms with E-state index in [1.165, 1.54) is 6.92 Å². The SMILES string of the molecule is CCS(=O)(=O)Nc1ccc(F)c(-n2c(=O)cc(C(F)(F)F)n(C)c2=O)c1. The highest BCUT2D eigenvalue weighted by atomic mass is 32.2. The van der Waals surface area contributed by atoms with Crippen LogP contribution in [0.2, 0.25) is 0 Å². The second-order valence-electron chi connectivity index (χ2n) is 5.21. The lowest BCUT2D eigenvalue weighted by atomic mass is 10.2. The van der Waals surface area contributed by atoms with Crippen molar-refractivity contribution in [3.63, 3.8) is 0 Å². The first-order valence-electron chi connectivity index (χ1n) is 7.08. The molecule has 2 rings (SSSR count). The van der Waals surface area contributed by atoms with E-state index in [0.717, 1.165) is 25.2 Å². The highest BCUT2D eigenvalue weighted by Gasteiger charge is 2.35. The van der Waals surface area contributed by atoms with E-state index in [1.807, 2.05) is 0 Å². The minimum atomic E-state index is -4.96. The largest absolute Gasteiger partial charge is 0.431 e. The smallest absolute Gasteiger partial charge is 0.292 e. The number of rotatable bonds is 4. The predicted molar refractivity (Wildman–Crippen MR) is 85.3 cm³/mol. The zero-order valence-corrected chi connectivity index (χ0v) is 14.3. The van der Waals surface area contributed by atoms with Crippen LogP contribution < -0.4 is 16.0 Å². The molecule has 0 amide bonds. The maximum Gasteiger partial charge on any atom is 0.431 e. The number of anilines is 1. The van der Waals surface area contributed by atoms with Crippen molar-refractivity contribution in [3.8, 4) is 5.69 Å². The van der Waals surface area contributed by atoms with E-state index in [-0.39, 0.29) is 26.6 Å². The molecule has 1 N–H and O–H groups in total. The molecule has 0 aliphatic heterocycles. The van der Waals surface area contributed by atoms with Crippen LogP contribution in [0.5, 0.6) is 0 Å². The molecule has 1 heterocycles. The Bertz CT molecular complexity index is 1070. The number of benzene rings is 1. The third-order valence-electron chi connectivity index (χ3n) is 3.45. The molecule has 0 saturated carbocycles. The van der Waals surface area contributed by atoms with E-state index < -0.39 is 44.6 Å². The van der Waals surface area contributed by atoms with Crippen molar-refractivity contribution in [1.29, 1.82) is 0 Å². The van der Waals surface area contributed by atoms with Gasteiger partial charge in [-0.15, -0.1) is 0 Å². The monoisotopic (exact) mass is 395 g/mol. The molecule has 0 unspecified atom stereocenters. The van der Waals surface area contributed by atoms with Crippen LogP contribution in [0.3, 0.4) is 0 Å². The van der Waals surface area contributed by atoms with E-state index in [9.17, 15) is 35.6 Å². The molecule has 1 aromatic carbocycles. The van der Waals surface area contributed by atoms with Gasteiger partial charge in [-0.3, -0.25) is 14.1 Å². The molecule has 142 valence electrons. The second-order valence-corrected chi connectivity index (χ2v) is 7.23. The summed E-state index contributed by atoms with van der Waals surface area (Å²) in [6.45, 7) is 1.35. The standard InChI is InChI=1S/C14H13F4N3O4S/c1-3-26(24,25)19-8-4-5-9(15)10(6-8)21-12(22)7-11(14(16,17)18)20(2)13(21)23/h4-7,19H,3H2,1-2H3. The summed E-state index contributed by atoms with van der Waals surface area (Å²) in [7, 11) is -2.95. The third-order valence-corrected chi connectivity index (χ3v) is 4.76. The van der Waals surface area contributed by atoms with Crippen molar-refractivity contribution in [1.82, 2.24) is 9.13 Å². The Labute approximate surface area is 144 Å². The van der Waals surface area contributed by atoms with Gasteiger partial charge in [0.05, 0.1) is 17.1 Å². The predicted octanol–water partition coefficient (Wildman–Crippen LogP) is 1.46. The van der Waals surface area contributed by atoms with Gasteiger partial charge < -0.3 is 0 Å². The van der Waals surface area contributed by atoms with Gasteiger partial charge in [-0.05, 0) is 25.1 Å². The summed E-state index contributed by atoms with van der Waals surface area (Å²) in [6, 6.07) is 2.83. The van der Waals surface area contributed by atoms with Crippen molar-refractivity contribution in [3.05, 3.63) is 56.6 Å². The molecule has 7 nitrogen and oxygen atoms in total. The van der Waals surface area contributed by atoms with Crippen LogP contribution in [0.1, 0.15) is 12.6 Å².